The second kappa shape index (κ2) is 3.97. The summed E-state index contributed by atoms with van der Waals surface area (Å²) in [5, 5.41) is 3.41. The smallest absolute Gasteiger partial charge is 0.120 e. The molecule has 3 heteroatoms. The topological polar surface area (TPSA) is 21.3 Å². The molecule has 0 bridgehead atoms. The summed E-state index contributed by atoms with van der Waals surface area (Å²) in [6.45, 7) is 1.10. The molecular weight excluding hydrogens is 206 g/mol. The lowest BCUT2D eigenvalue weighted by atomic mass is 10.0. The summed E-state index contributed by atoms with van der Waals surface area (Å²) in [5.74, 6) is 3.34. The van der Waals surface area contributed by atoms with Crippen LogP contribution in [0, 0.1) is 0 Å². The Bertz CT molecular complexity index is 363. The molecule has 2 nitrogen and oxygen atoms in total. The second-order valence-electron chi connectivity index (χ2n) is 4.13. The highest BCUT2D eigenvalue weighted by atomic mass is 32.2. The van der Waals surface area contributed by atoms with Gasteiger partial charge in [-0.2, -0.15) is 11.8 Å². The summed E-state index contributed by atoms with van der Waals surface area (Å²) in [6.07, 6.45) is 2.86. The van der Waals surface area contributed by atoms with Crippen LogP contribution in [0.2, 0.25) is 0 Å². The van der Waals surface area contributed by atoms with Gasteiger partial charge in [0, 0.05) is 23.7 Å². The molecule has 15 heavy (non-hydrogen) atoms. The zero-order valence-corrected chi connectivity index (χ0v) is 9.48. The quantitative estimate of drug-likeness (QED) is 0.829. The fourth-order valence-electron chi connectivity index (χ4n) is 2.00. The third-order valence-corrected chi connectivity index (χ3v) is 4.14. The van der Waals surface area contributed by atoms with Gasteiger partial charge in [0.05, 0.1) is 0 Å². The highest BCUT2D eigenvalue weighted by Crippen LogP contribution is 2.29. The maximum Gasteiger partial charge on any atom is 0.120 e. The van der Waals surface area contributed by atoms with Crippen molar-refractivity contribution in [2.24, 2.45) is 0 Å². The SMILES string of the molecule is c1cc2c(cc1OC1CSC1)CCCN2. The van der Waals surface area contributed by atoms with E-state index in [0.717, 1.165) is 23.8 Å². The molecule has 1 aromatic rings. The van der Waals surface area contributed by atoms with Gasteiger partial charge >= 0.3 is 0 Å². The molecule has 1 fully saturated rings. The van der Waals surface area contributed by atoms with Crippen molar-refractivity contribution in [3.8, 4) is 5.75 Å². The van der Waals surface area contributed by atoms with Crippen LogP contribution >= 0.6 is 11.8 Å². The van der Waals surface area contributed by atoms with E-state index >= 15 is 0 Å². The maximum atomic E-state index is 5.87. The molecular formula is C12H15NOS. The van der Waals surface area contributed by atoms with Crippen molar-refractivity contribution in [1.29, 1.82) is 0 Å². The first-order chi connectivity index (χ1) is 7.42. The Morgan fingerprint density at radius 1 is 1.33 bits per heavy atom. The first-order valence-electron chi connectivity index (χ1n) is 5.53. The van der Waals surface area contributed by atoms with E-state index in [-0.39, 0.29) is 0 Å². The van der Waals surface area contributed by atoms with Crippen LogP contribution in [0.5, 0.6) is 5.75 Å². The van der Waals surface area contributed by atoms with Crippen molar-refractivity contribution < 1.29 is 4.74 Å². The van der Waals surface area contributed by atoms with E-state index in [1.54, 1.807) is 0 Å². The average molecular weight is 221 g/mol. The van der Waals surface area contributed by atoms with Crippen LogP contribution in [0.3, 0.4) is 0 Å². The molecule has 2 heterocycles. The Labute approximate surface area is 94.4 Å². The van der Waals surface area contributed by atoms with Crippen LogP contribution < -0.4 is 10.1 Å². The molecule has 0 atom stereocenters. The summed E-state index contributed by atoms with van der Waals surface area (Å²) in [7, 11) is 0. The summed E-state index contributed by atoms with van der Waals surface area (Å²) in [6, 6.07) is 6.43. The summed E-state index contributed by atoms with van der Waals surface area (Å²) < 4.78 is 5.87. The lowest BCUT2D eigenvalue weighted by Gasteiger charge is -2.27. The molecule has 1 N–H and O–H groups in total. The fraction of sp³-hybridized carbons (Fsp3) is 0.500. The highest BCUT2D eigenvalue weighted by molar-refractivity contribution is 8.00. The zero-order valence-electron chi connectivity index (χ0n) is 8.66. The number of aryl methyl sites for hydroxylation is 1. The zero-order chi connectivity index (χ0) is 10.1. The van der Waals surface area contributed by atoms with Gasteiger partial charge in [-0.1, -0.05) is 0 Å². The minimum atomic E-state index is 0.449. The molecule has 2 aliphatic rings. The van der Waals surface area contributed by atoms with Crippen molar-refractivity contribution in [3.05, 3.63) is 23.8 Å². The Morgan fingerprint density at radius 2 is 2.27 bits per heavy atom. The van der Waals surface area contributed by atoms with Crippen LogP contribution in [0.25, 0.3) is 0 Å². The molecule has 2 aliphatic heterocycles. The number of nitrogens with one attached hydrogen (secondary N) is 1. The van der Waals surface area contributed by atoms with Crippen molar-refractivity contribution in [2.75, 3.05) is 23.4 Å². The minimum Gasteiger partial charge on any atom is -0.489 e. The molecule has 1 saturated heterocycles. The van der Waals surface area contributed by atoms with Crippen LogP contribution in [-0.4, -0.2) is 24.2 Å². The fourth-order valence-corrected chi connectivity index (χ4v) is 2.56. The summed E-state index contributed by atoms with van der Waals surface area (Å²) >= 11 is 1.96. The molecule has 0 saturated carbocycles. The predicted octanol–water partition coefficient (Wildman–Crippen LogP) is 2.54. The van der Waals surface area contributed by atoms with Gasteiger partial charge in [0.25, 0.3) is 0 Å². The van der Waals surface area contributed by atoms with Crippen LogP contribution in [0.4, 0.5) is 5.69 Å². The molecule has 0 aromatic heterocycles. The van der Waals surface area contributed by atoms with E-state index in [1.165, 1.54) is 24.1 Å². The number of rotatable bonds is 2. The molecule has 1 aromatic carbocycles. The predicted molar refractivity (Wildman–Crippen MR) is 65.0 cm³/mol. The van der Waals surface area contributed by atoms with E-state index in [1.807, 2.05) is 11.8 Å². The minimum absolute atomic E-state index is 0.449. The number of anilines is 1. The summed E-state index contributed by atoms with van der Waals surface area (Å²) in [4.78, 5) is 0. The van der Waals surface area contributed by atoms with Crippen molar-refractivity contribution in [2.45, 2.75) is 18.9 Å². The Hall–Kier alpha value is -0.830. The number of benzene rings is 1. The van der Waals surface area contributed by atoms with E-state index in [2.05, 4.69) is 23.5 Å². The second-order valence-corrected chi connectivity index (χ2v) is 5.20. The number of ether oxygens (including phenoxy) is 1. The van der Waals surface area contributed by atoms with Crippen molar-refractivity contribution >= 4 is 17.4 Å². The number of fused-ring (bicyclic) bond motifs is 1. The molecule has 3 rings (SSSR count). The van der Waals surface area contributed by atoms with Crippen LogP contribution in [-0.2, 0) is 6.42 Å². The van der Waals surface area contributed by atoms with Gasteiger partial charge < -0.3 is 10.1 Å². The molecule has 0 radical (unpaired) electrons. The average Bonchev–Trinajstić information content (AvgIpc) is 2.23. The van der Waals surface area contributed by atoms with Gasteiger partial charge in [-0.3, -0.25) is 0 Å². The van der Waals surface area contributed by atoms with E-state index in [4.69, 9.17) is 4.74 Å². The van der Waals surface area contributed by atoms with Gasteiger partial charge in [0.2, 0.25) is 0 Å². The third-order valence-electron chi connectivity index (χ3n) is 2.93. The molecule has 80 valence electrons. The third kappa shape index (κ3) is 1.93. The number of hydrogen-bond donors (Lipinski definition) is 1. The monoisotopic (exact) mass is 221 g/mol. The highest BCUT2D eigenvalue weighted by Gasteiger charge is 2.20. The van der Waals surface area contributed by atoms with Gasteiger partial charge in [0.1, 0.15) is 11.9 Å². The van der Waals surface area contributed by atoms with Crippen LogP contribution in [0.15, 0.2) is 18.2 Å². The molecule has 0 aliphatic carbocycles. The molecule has 0 spiro atoms. The molecule has 0 unspecified atom stereocenters. The van der Waals surface area contributed by atoms with Gasteiger partial charge in [-0.25, -0.2) is 0 Å². The number of thioether (sulfide) groups is 1. The Morgan fingerprint density at radius 3 is 3.07 bits per heavy atom. The van der Waals surface area contributed by atoms with Gasteiger partial charge in [-0.05, 0) is 36.6 Å². The lowest BCUT2D eigenvalue weighted by molar-refractivity contribution is 0.240. The first-order valence-corrected chi connectivity index (χ1v) is 6.68. The van der Waals surface area contributed by atoms with Crippen LogP contribution in [0.1, 0.15) is 12.0 Å². The maximum absolute atomic E-state index is 5.87. The Balaban J connectivity index is 1.77. The standard InChI is InChI=1S/C12H15NOS/c1-2-9-6-10(14-11-7-15-8-11)3-4-12(9)13-5-1/h3-4,6,11,13H,1-2,5,7-8H2. The van der Waals surface area contributed by atoms with Gasteiger partial charge in [0.15, 0.2) is 0 Å². The van der Waals surface area contributed by atoms with E-state index in [0.29, 0.717) is 6.10 Å². The lowest BCUT2D eigenvalue weighted by Crippen LogP contribution is -2.31. The van der Waals surface area contributed by atoms with E-state index in [9.17, 15) is 0 Å². The first kappa shape index (κ1) is 9.40. The van der Waals surface area contributed by atoms with Crippen molar-refractivity contribution in [1.82, 2.24) is 0 Å². The van der Waals surface area contributed by atoms with Gasteiger partial charge in [-0.15, -0.1) is 0 Å². The number of hydrogen-bond acceptors (Lipinski definition) is 3. The Kier molecular flexibility index (Phi) is 2.49. The normalized spacial score (nSPS) is 20.0. The van der Waals surface area contributed by atoms with Crippen molar-refractivity contribution in [3.63, 3.8) is 0 Å². The summed E-state index contributed by atoms with van der Waals surface area (Å²) in [5.41, 5.74) is 2.70. The van der Waals surface area contributed by atoms with E-state index < -0.39 is 0 Å². The largest absolute Gasteiger partial charge is 0.489 e. The molecule has 0 amide bonds.